The van der Waals surface area contributed by atoms with E-state index in [2.05, 4.69) is 55.0 Å². The summed E-state index contributed by atoms with van der Waals surface area (Å²) in [4.78, 5) is 6.97. The van der Waals surface area contributed by atoms with Gasteiger partial charge in [-0.05, 0) is 37.7 Å². The average Bonchev–Trinajstić information content (AvgIpc) is 2.50. The summed E-state index contributed by atoms with van der Waals surface area (Å²) >= 11 is 0. The van der Waals surface area contributed by atoms with Gasteiger partial charge in [-0.25, -0.2) is 4.98 Å². The van der Waals surface area contributed by atoms with Crippen LogP contribution in [0.3, 0.4) is 0 Å². The van der Waals surface area contributed by atoms with Crippen LogP contribution in [0.25, 0.3) is 0 Å². The molecular weight excluding hydrogens is 262 g/mol. The number of rotatable bonds is 11. The van der Waals surface area contributed by atoms with Gasteiger partial charge in [-0.15, -0.1) is 0 Å². The smallest absolute Gasteiger partial charge is 0.213 e. The van der Waals surface area contributed by atoms with Crippen molar-refractivity contribution < 1.29 is 4.74 Å². The van der Waals surface area contributed by atoms with Gasteiger partial charge in [0.25, 0.3) is 0 Å². The first-order valence-electron chi connectivity index (χ1n) is 8.29. The van der Waals surface area contributed by atoms with Crippen molar-refractivity contribution in [3.8, 4) is 5.88 Å². The van der Waals surface area contributed by atoms with E-state index < -0.39 is 0 Å². The van der Waals surface area contributed by atoms with Crippen LogP contribution in [0.1, 0.15) is 45.4 Å². The zero-order valence-corrected chi connectivity index (χ0v) is 14.1. The summed E-state index contributed by atoms with van der Waals surface area (Å²) in [5.41, 5.74) is 2.39. The molecule has 1 heterocycles. The van der Waals surface area contributed by atoms with Gasteiger partial charge in [0.15, 0.2) is 0 Å². The molecule has 0 saturated carbocycles. The Morgan fingerprint density at radius 1 is 1.14 bits per heavy atom. The lowest BCUT2D eigenvalue weighted by Gasteiger charge is -2.18. The summed E-state index contributed by atoms with van der Waals surface area (Å²) in [6, 6.07) is 4.24. The molecule has 0 amide bonds. The Labute approximate surface area is 129 Å². The van der Waals surface area contributed by atoms with Crippen LogP contribution in [0.2, 0.25) is 0 Å². The van der Waals surface area contributed by atoms with E-state index in [0.717, 1.165) is 57.1 Å². The number of aromatic nitrogens is 1. The predicted octanol–water partition coefficient (Wildman–Crippen LogP) is 2.86. The molecule has 0 saturated heterocycles. The molecule has 0 aliphatic carbocycles. The molecular formula is C17H31N3O. The van der Waals surface area contributed by atoms with Crippen LogP contribution in [0, 0.1) is 0 Å². The Bertz CT molecular complexity index is 392. The fourth-order valence-corrected chi connectivity index (χ4v) is 2.27. The molecule has 1 N–H and O–H groups in total. The highest BCUT2D eigenvalue weighted by atomic mass is 16.5. The average molecular weight is 293 g/mol. The van der Waals surface area contributed by atoms with Crippen LogP contribution in [0.5, 0.6) is 5.88 Å². The lowest BCUT2D eigenvalue weighted by atomic mass is 10.1. The number of nitrogens with zero attached hydrogens (tertiary/aromatic N) is 2. The number of ether oxygens (including phenoxy) is 1. The van der Waals surface area contributed by atoms with Crippen LogP contribution in [0.4, 0.5) is 0 Å². The second kappa shape index (κ2) is 10.6. The molecule has 0 radical (unpaired) electrons. The molecule has 120 valence electrons. The molecule has 4 nitrogen and oxygen atoms in total. The SMILES string of the molecule is CCCc1cc(CNCC)cc(OCCN(CC)CC)n1. The van der Waals surface area contributed by atoms with Crippen molar-refractivity contribution in [2.24, 2.45) is 0 Å². The number of nitrogens with one attached hydrogen (secondary N) is 1. The lowest BCUT2D eigenvalue weighted by Crippen LogP contribution is -2.28. The van der Waals surface area contributed by atoms with E-state index in [1.165, 1.54) is 5.56 Å². The highest BCUT2D eigenvalue weighted by Crippen LogP contribution is 2.14. The van der Waals surface area contributed by atoms with Crippen LogP contribution >= 0.6 is 0 Å². The zero-order chi connectivity index (χ0) is 15.5. The molecule has 0 atom stereocenters. The van der Waals surface area contributed by atoms with Gasteiger partial charge in [0.1, 0.15) is 6.61 Å². The van der Waals surface area contributed by atoms with Crippen molar-refractivity contribution in [2.75, 3.05) is 32.8 Å². The molecule has 21 heavy (non-hydrogen) atoms. The lowest BCUT2D eigenvalue weighted by molar-refractivity contribution is 0.217. The first kappa shape index (κ1) is 17.9. The maximum atomic E-state index is 5.87. The second-order valence-electron chi connectivity index (χ2n) is 5.21. The van der Waals surface area contributed by atoms with E-state index >= 15 is 0 Å². The molecule has 1 aromatic rings. The standard InChI is InChI=1S/C17H31N3O/c1-5-9-16-12-15(14-18-6-2)13-17(19-16)21-11-10-20(7-3)8-4/h12-13,18H,5-11,14H2,1-4H3. The van der Waals surface area contributed by atoms with Crippen LogP contribution in [-0.2, 0) is 13.0 Å². The van der Waals surface area contributed by atoms with Crippen LogP contribution in [0.15, 0.2) is 12.1 Å². The Morgan fingerprint density at radius 2 is 1.90 bits per heavy atom. The van der Waals surface area contributed by atoms with Gasteiger partial charge >= 0.3 is 0 Å². The predicted molar refractivity (Wildman–Crippen MR) is 88.9 cm³/mol. The summed E-state index contributed by atoms with van der Waals surface area (Å²) < 4.78 is 5.87. The van der Waals surface area contributed by atoms with Crippen molar-refractivity contribution in [2.45, 2.75) is 47.1 Å². The maximum absolute atomic E-state index is 5.87. The van der Waals surface area contributed by atoms with Crippen LogP contribution < -0.4 is 10.1 Å². The molecule has 0 aliphatic rings. The molecule has 0 fully saturated rings. The van der Waals surface area contributed by atoms with E-state index in [4.69, 9.17) is 4.74 Å². The number of pyridine rings is 1. The first-order valence-corrected chi connectivity index (χ1v) is 8.29. The fraction of sp³-hybridized carbons (Fsp3) is 0.706. The minimum atomic E-state index is 0.699. The van der Waals surface area contributed by atoms with E-state index in [-0.39, 0.29) is 0 Å². The molecule has 0 aliphatic heterocycles. The molecule has 1 aromatic heterocycles. The number of likely N-dealkylation sites (N-methyl/N-ethyl adjacent to an activating group) is 1. The Balaban J connectivity index is 2.63. The van der Waals surface area contributed by atoms with E-state index in [9.17, 15) is 0 Å². The number of hydrogen-bond donors (Lipinski definition) is 1. The Kier molecular flexibility index (Phi) is 9.02. The number of aryl methyl sites for hydroxylation is 1. The maximum Gasteiger partial charge on any atom is 0.213 e. The van der Waals surface area contributed by atoms with Gasteiger partial charge in [0, 0.05) is 24.8 Å². The van der Waals surface area contributed by atoms with Crippen molar-refractivity contribution in [1.82, 2.24) is 15.2 Å². The van der Waals surface area contributed by atoms with Crippen molar-refractivity contribution in [3.05, 3.63) is 23.4 Å². The first-order chi connectivity index (χ1) is 10.2. The third-order valence-electron chi connectivity index (χ3n) is 3.55. The molecule has 4 heteroatoms. The quantitative estimate of drug-likeness (QED) is 0.681. The highest BCUT2D eigenvalue weighted by molar-refractivity contribution is 5.25. The van der Waals surface area contributed by atoms with Crippen molar-refractivity contribution in [1.29, 1.82) is 0 Å². The van der Waals surface area contributed by atoms with E-state index in [0.29, 0.717) is 6.61 Å². The molecule has 0 spiro atoms. The van der Waals surface area contributed by atoms with E-state index in [1.807, 2.05) is 0 Å². The topological polar surface area (TPSA) is 37.4 Å². The van der Waals surface area contributed by atoms with E-state index in [1.54, 1.807) is 0 Å². The molecule has 0 bridgehead atoms. The van der Waals surface area contributed by atoms with Gasteiger partial charge in [-0.1, -0.05) is 34.1 Å². The molecule has 0 aromatic carbocycles. The Morgan fingerprint density at radius 3 is 2.52 bits per heavy atom. The normalized spacial score (nSPS) is 11.1. The summed E-state index contributed by atoms with van der Waals surface area (Å²) in [6.07, 6.45) is 2.11. The zero-order valence-electron chi connectivity index (χ0n) is 14.1. The van der Waals surface area contributed by atoms with Gasteiger partial charge in [0.05, 0.1) is 0 Å². The monoisotopic (exact) mass is 293 g/mol. The van der Waals surface area contributed by atoms with Crippen LogP contribution in [-0.4, -0.2) is 42.7 Å². The minimum Gasteiger partial charge on any atom is -0.476 e. The Hall–Kier alpha value is -1.13. The number of hydrogen-bond acceptors (Lipinski definition) is 4. The third kappa shape index (κ3) is 6.91. The summed E-state index contributed by atoms with van der Waals surface area (Å²) in [7, 11) is 0. The van der Waals surface area contributed by atoms with Gasteiger partial charge in [-0.2, -0.15) is 0 Å². The van der Waals surface area contributed by atoms with Gasteiger partial charge in [0.2, 0.25) is 5.88 Å². The molecule has 0 unspecified atom stereocenters. The third-order valence-corrected chi connectivity index (χ3v) is 3.55. The van der Waals surface area contributed by atoms with Crippen molar-refractivity contribution in [3.63, 3.8) is 0 Å². The van der Waals surface area contributed by atoms with Crippen molar-refractivity contribution >= 4 is 0 Å². The van der Waals surface area contributed by atoms with Gasteiger partial charge < -0.3 is 15.0 Å². The molecule has 1 rings (SSSR count). The highest BCUT2D eigenvalue weighted by Gasteiger charge is 2.05. The van der Waals surface area contributed by atoms with Gasteiger partial charge in [-0.3, -0.25) is 0 Å². The largest absolute Gasteiger partial charge is 0.476 e. The minimum absolute atomic E-state index is 0.699. The summed E-state index contributed by atoms with van der Waals surface area (Å²) in [5.74, 6) is 0.765. The fourth-order valence-electron chi connectivity index (χ4n) is 2.27. The summed E-state index contributed by atoms with van der Waals surface area (Å²) in [5, 5.41) is 3.36. The second-order valence-corrected chi connectivity index (χ2v) is 5.21. The summed E-state index contributed by atoms with van der Waals surface area (Å²) in [6.45, 7) is 14.3.